The second kappa shape index (κ2) is 3.57. The summed E-state index contributed by atoms with van der Waals surface area (Å²) < 4.78 is 1.82. The van der Waals surface area contributed by atoms with Crippen LogP contribution in [-0.2, 0) is 0 Å². The number of carbonyl (C=O) groups is 1. The number of ketones is 1. The van der Waals surface area contributed by atoms with E-state index < -0.39 is 0 Å². The Bertz CT molecular complexity index is 787. The number of aryl methyl sites for hydroxylation is 1. The monoisotopic (exact) mass is 240 g/mol. The number of pyridine rings is 1. The molecule has 18 heavy (non-hydrogen) atoms. The van der Waals surface area contributed by atoms with E-state index in [4.69, 9.17) is 0 Å². The number of fused-ring (bicyclic) bond motifs is 3. The Labute approximate surface area is 104 Å². The first-order chi connectivity index (χ1) is 8.58. The Morgan fingerprint density at radius 1 is 1.33 bits per heavy atom. The first kappa shape index (κ1) is 10.8. The highest BCUT2D eigenvalue weighted by atomic mass is 16.3. The molecule has 1 N–H and O–H groups in total. The summed E-state index contributed by atoms with van der Waals surface area (Å²) in [5, 5.41) is 10.5. The number of nitrogens with zero attached hydrogens (tertiary/aromatic N) is 2. The van der Waals surface area contributed by atoms with Gasteiger partial charge in [-0.15, -0.1) is 0 Å². The summed E-state index contributed by atoms with van der Waals surface area (Å²) in [5.74, 6) is 0.190. The van der Waals surface area contributed by atoms with Gasteiger partial charge in [-0.1, -0.05) is 0 Å². The second-order valence-corrected chi connectivity index (χ2v) is 4.42. The molecule has 0 saturated carbocycles. The average molecular weight is 240 g/mol. The van der Waals surface area contributed by atoms with E-state index in [1.807, 2.05) is 17.4 Å². The maximum Gasteiger partial charge on any atom is 0.178 e. The third-order valence-electron chi connectivity index (χ3n) is 3.14. The number of hydrogen-bond donors (Lipinski definition) is 1. The third-order valence-corrected chi connectivity index (χ3v) is 3.14. The van der Waals surface area contributed by atoms with Crippen LogP contribution in [0.1, 0.15) is 23.0 Å². The van der Waals surface area contributed by atoms with Gasteiger partial charge in [0.25, 0.3) is 0 Å². The van der Waals surface area contributed by atoms with Crippen molar-refractivity contribution in [1.82, 2.24) is 9.38 Å². The standard InChI is InChI=1S/C14H12N2O2/c1-8-5-14-15-7-13(9(2)17)16(14)12-4-3-10(18)6-11(8)12/h3-7,18H,1-2H3. The van der Waals surface area contributed by atoms with Gasteiger partial charge in [0.2, 0.25) is 0 Å². The lowest BCUT2D eigenvalue weighted by Crippen LogP contribution is -2.00. The lowest BCUT2D eigenvalue weighted by molar-refractivity contribution is 0.101. The fourth-order valence-corrected chi connectivity index (χ4v) is 2.28. The van der Waals surface area contributed by atoms with Crippen molar-refractivity contribution in [3.8, 4) is 5.75 Å². The second-order valence-electron chi connectivity index (χ2n) is 4.42. The molecule has 0 unspecified atom stereocenters. The summed E-state index contributed by atoms with van der Waals surface area (Å²) in [7, 11) is 0. The quantitative estimate of drug-likeness (QED) is 0.665. The molecule has 0 saturated heterocycles. The first-order valence-electron chi connectivity index (χ1n) is 5.68. The highest BCUT2D eigenvalue weighted by molar-refractivity contribution is 5.96. The number of phenols is 1. The van der Waals surface area contributed by atoms with E-state index in [0.717, 1.165) is 22.1 Å². The normalized spacial score (nSPS) is 11.2. The van der Waals surface area contributed by atoms with E-state index in [-0.39, 0.29) is 11.5 Å². The van der Waals surface area contributed by atoms with Crippen molar-refractivity contribution < 1.29 is 9.90 Å². The van der Waals surface area contributed by atoms with Crippen molar-refractivity contribution in [3.63, 3.8) is 0 Å². The van der Waals surface area contributed by atoms with Crippen LogP contribution < -0.4 is 0 Å². The summed E-state index contributed by atoms with van der Waals surface area (Å²) >= 11 is 0. The van der Waals surface area contributed by atoms with Gasteiger partial charge in [-0.2, -0.15) is 0 Å². The van der Waals surface area contributed by atoms with Crippen LogP contribution in [0.5, 0.6) is 5.75 Å². The van der Waals surface area contributed by atoms with Crippen molar-refractivity contribution in [1.29, 1.82) is 0 Å². The number of imidazole rings is 1. The van der Waals surface area contributed by atoms with Crippen LogP contribution in [0, 0.1) is 6.92 Å². The minimum Gasteiger partial charge on any atom is -0.508 e. The van der Waals surface area contributed by atoms with Gasteiger partial charge >= 0.3 is 0 Å². The van der Waals surface area contributed by atoms with Gasteiger partial charge < -0.3 is 5.11 Å². The predicted octanol–water partition coefficient (Wildman–Crippen LogP) is 2.70. The molecule has 0 aliphatic heterocycles. The molecule has 2 heterocycles. The highest BCUT2D eigenvalue weighted by Gasteiger charge is 2.12. The number of aromatic hydroxyl groups is 1. The molecule has 0 fully saturated rings. The minimum absolute atomic E-state index is 0.0271. The molecule has 1 aromatic carbocycles. The molecule has 2 aromatic heterocycles. The molecular formula is C14H12N2O2. The fraction of sp³-hybridized carbons (Fsp3) is 0.143. The maximum absolute atomic E-state index is 11.6. The Morgan fingerprint density at radius 2 is 2.11 bits per heavy atom. The van der Waals surface area contributed by atoms with Crippen molar-refractivity contribution in [2.24, 2.45) is 0 Å². The van der Waals surface area contributed by atoms with E-state index in [2.05, 4.69) is 4.98 Å². The third kappa shape index (κ3) is 1.39. The molecule has 3 rings (SSSR count). The maximum atomic E-state index is 11.6. The van der Waals surface area contributed by atoms with Crippen LogP contribution in [0.3, 0.4) is 0 Å². The van der Waals surface area contributed by atoms with Crippen LogP contribution in [0.15, 0.2) is 30.5 Å². The summed E-state index contributed by atoms with van der Waals surface area (Å²) in [6.07, 6.45) is 1.59. The molecule has 0 radical (unpaired) electrons. The fourth-order valence-electron chi connectivity index (χ4n) is 2.28. The summed E-state index contributed by atoms with van der Waals surface area (Å²) in [6, 6.07) is 7.03. The molecule has 0 amide bonds. The zero-order valence-electron chi connectivity index (χ0n) is 10.1. The Morgan fingerprint density at radius 3 is 2.83 bits per heavy atom. The summed E-state index contributed by atoms with van der Waals surface area (Å²) in [4.78, 5) is 15.9. The van der Waals surface area contributed by atoms with Gasteiger partial charge in [-0.3, -0.25) is 9.20 Å². The van der Waals surface area contributed by atoms with Crippen LogP contribution in [-0.4, -0.2) is 20.3 Å². The van der Waals surface area contributed by atoms with E-state index in [0.29, 0.717) is 5.69 Å². The zero-order chi connectivity index (χ0) is 12.9. The lowest BCUT2D eigenvalue weighted by Gasteiger charge is -2.08. The smallest absolute Gasteiger partial charge is 0.178 e. The van der Waals surface area contributed by atoms with Crippen molar-refractivity contribution >= 4 is 22.3 Å². The van der Waals surface area contributed by atoms with Gasteiger partial charge in [-0.25, -0.2) is 4.98 Å². The molecule has 3 aromatic rings. The molecule has 0 aliphatic rings. The number of benzene rings is 1. The minimum atomic E-state index is -0.0271. The van der Waals surface area contributed by atoms with Crippen LogP contribution in [0.4, 0.5) is 0 Å². The average Bonchev–Trinajstić information content (AvgIpc) is 2.73. The van der Waals surface area contributed by atoms with Crippen molar-refractivity contribution in [2.45, 2.75) is 13.8 Å². The van der Waals surface area contributed by atoms with E-state index >= 15 is 0 Å². The molecule has 0 aliphatic carbocycles. The van der Waals surface area contributed by atoms with E-state index in [1.165, 1.54) is 6.92 Å². The molecule has 4 heteroatoms. The van der Waals surface area contributed by atoms with Crippen LogP contribution in [0.2, 0.25) is 0 Å². The van der Waals surface area contributed by atoms with Crippen molar-refractivity contribution in [2.75, 3.05) is 0 Å². The predicted molar refractivity (Wildman–Crippen MR) is 69.1 cm³/mol. The molecule has 4 nitrogen and oxygen atoms in total. The molecule has 0 bridgehead atoms. The van der Waals surface area contributed by atoms with Gasteiger partial charge in [0, 0.05) is 12.3 Å². The molecule has 90 valence electrons. The Balaban J connectivity index is 2.57. The van der Waals surface area contributed by atoms with Gasteiger partial charge in [-0.05, 0) is 36.8 Å². The number of Topliss-reactive ketones (excluding diaryl/α,β-unsaturated/α-hetero) is 1. The van der Waals surface area contributed by atoms with Gasteiger partial charge in [0.15, 0.2) is 5.78 Å². The SMILES string of the molecule is CC(=O)c1cnc2cc(C)c3cc(O)ccc3n12. The highest BCUT2D eigenvalue weighted by Crippen LogP contribution is 2.26. The molecular weight excluding hydrogens is 228 g/mol. The van der Waals surface area contributed by atoms with E-state index in [9.17, 15) is 9.90 Å². The van der Waals surface area contributed by atoms with Crippen LogP contribution in [0.25, 0.3) is 16.6 Å². The zero-order valence-corrected chi connectivity index (χ0v) is 10.1. The number of aromatic nitrogens is 2. The molecule has 0 atom stereocenters. The largest absolute Gasteiger partial charge is 0.508 e. The summed E-state index contributed by atoms with van der Waals surface area (Å²) in [6.45, 7) is 3.49. The number of phenolic OH excluding ortho intramolecular Hbond substituents is 1. The van der Waals surface area contributed by atoms with Gasteiger partial charge in [0.1, 0.15) is 17.1 Å². The van der Waals surface area contributed by atoms with E-state index in [1.54, 1.807) is 24.4 Å². The Hall–Kier alpha value is -2.36. The Kier molecular flexibility index (Phi) is 2.13. The number of carbonyl (C=O) groups excluding carboxylic acids is 1. The topological polar surface area (TPSA) is 54.6 Å². The lowest BCUT2D eigenvalue weighted by atomic mass is 10.1. The summed E-state index contributed by atoms with van der Waals surface area (Å²) in [5.41, 5.74) is 3.20. The molecule has 0 spiro atoms. The van der Waals surface area contributed by atoms with Crippen LogP contribution >= 0.6 is 0 Å². The van der Waals surface area contributed by atoms with Gasteiger partial charge in [0.05, 0.1) is 11.7 Å². The van der Waals surface area contributed by atoms with Crippen molar-refractivity contribution in [3.05, 3.63) is 41.7 Å². The first-order valence-corrected chi connectivity index (χ1v) is 5.68. The number of rotatable bonds is 1. The number of hydrogen-bond acceptors (Lipinski definition) is 3.